The number of thiophene rings is 1. The first-order chi connectivity index (χ1) is 19.0. The summed E-state index contributed by atoms with van der Waals surface area (Å²) < 4.78 is 7.43. The van der Waals surface area contributed by atoms with Gasteiger partial charge in [0, 0.05) is 33.7 Å². The molecule has 0 aliphatic heterocycles. The first kappa shape index (κ1) is 27.6. The van der Waals surface area contributed by atoms with Gasteiger partial charge in [0.2, 0.25) is 0 Å². The quantitative estimate of drug-likeness (QED) is 0.233. The molecule has 1 amide bonds. The van der Waals surface area contributed by atoms with Crippen molar-refractivity contribution in [2.24, 2.45) is 16.3 Å². The molecule has 40 heavy (non-hydrogen) atoms. The maximum Gasteiger partial charge on any atom is 0.335 e. The number of furan rings is 1. The average Bonchev–Trinajstić information content (AvgIpc) is 3.62. The molecule has 1 aliphatic rings. The van der Waals surface area contributed by atoms with E-state index in [4.69, 9.17) is 9.41 Å². The Labute approximate surface area is 238 Å². The third-order valence-electron chi connectivity index (χ3n) is 7.84. The second kappa shape index (κ2) is 10.9. The average molecular weight is 558 g/mol. The molecule has 208 valence electrons. The number of aromatic nitrogens is 1. The van der Waals surface area contributed by atoms with Gasteiger partial charge in [0.1, 0.15) is 10.8 Å². The molecule has 1 aliphatic carbocycles. The first-order valence-corrected chi connectivity index (χ1v) is 14.4. The molecule has 4 aromatic rings. The second-order valence-corrected chi connectivity index (χ2v) is 12.6. The summed E-state index contributed by atoms with van der Waals surface area (Å²) in [5, 5.41) is 13.2. The van der Waals surface area contributed by atoms with Crippen LogP contribution in [0, 0.1) is 25.2 Å². The molecule has 1 atom stereocenters. The van der Waals surface area contributed by atoms with Crippen LogP contribution in [0.1, 0.15) is 81.1 Å². The Balaban J connectivity index is 1.49. The maximum atomic E-state index is 13.5. The summed E-state index contributed by atoms with van der Waals surface area (Å²) in [6.45, 7) is 11.2. The van der Waals surface area contributed by atoms with Crippen molar-refractivity contribution in [2.75, 3.05) is 0 Å². The van der Waals surface area contributed by atoms with Crippen LogP contribution in [0.25, 0.3) is 5.69 Å². The van der Waals surface area contributed by atoms with Gasteiger partial charge in [-0.1, -0.05) is 26.8 Å². The van der Waals surface area contributed by atoms with Gasteiger partial charge >= 0.3 is 5.97 Å². The molecule has 5 rings (SSSR count). The van der Waals surface area contributed by atoms with Crippen LogP contribution in [0.2, 0.25) is 0 Å². The molecule has 3 heterocycles. The lowest BCUT2D eigenvalue weighted by atomic mass is 9.72. The largest absolute Gasteiger partial charge is 0.478 e. The molecule has 2 N–H and O–H groups in total. The van der Waals surface area contributed by atoms with E-state index >= 15 is 0 Å². The van der Waals surface area contributed by atoms with E-state index in [0.717, 1.165) is 47.5 Å². The summed E-state index contributed by atoms with van der Waals surface area (Å²) >= 11 is 1.62. The van der Waals surface area contributed by atoms with Gasteiger partial charge in [-0.25, -0.2) is 9.79 Å². The molecule has 8 heteroatoms. The molecule has 0 saturated carbocycles. The van der Waals surface area contributed by atoms with Gasteiger partial charge in [0.25, 0.3) is 5.91 Å². The van der Waals surface area contributed by atoms with Crippen molar-refractivity contribution in [1.82, 2.24) is 9.88 Å². The third-order valence-corrected chi connectivity index (χ3v) is 9.01. The summed E-state index contributed by atoms with van der Waals surface area (Å²) in [5.41, 5.74) is 5.83. The topological polar surface area (TPSA) is 96.8 Å². The standard InChI is InChI=1S/C32H35N3O4S/c1-19-14-22(20(2)35(19)24-9-6-8-21(15-24)31(37)38)17-34-30-28(29(36)33-18-25-10-7-13-39-25)26-12-11-23(32(3,4)5)16-27(26)40-30/h6-10,13-15,17,23H,11-12,16,18H2,1-5H3,(H,33,36)(H,37,38)/t23-/m0/s1. The molecule has 0 bridgehead atoms. The fourth-order valence-corrected chi connectivity index (χ4v) is 6.80. The Kier molecular flexibility index (Phi) is 7.55. The van der Waals surface area contributed by atoms with Gasteiger partial charge in [0.05, 0.1) is 23.9 Å². The number of aromatic carboxylic acids is 1. The highest BCUT2D eigenvalue weighted by atomic mass is 32.1. The van der Waals surface area contributed by atoms with E-state index < -0.39 is 5.97 Å². The van der Waals surface area contributed by atoms with Crippen molar-refractivity contribution in [3.63, 3.8) is 0 Å². The number of carbonyl (C=O) groups excluding carboxylic acids is 1. The van der Waals surface area contributed by atoms with Crippen molar-refractivity contribution in [1.29, 1.82) is 0 Å². The minimum absolute atomic E-state index is 0.133. The van der Waals surface area contributed by atoms with Gasteiger partial charge in [-0.2, -0.15) is 0 Å². The highest BCUT2D eigenvalue weighted by Crippen LogP contribution is 2.45. The Morgan fingerprint density at radius 2 is 2.00 bits per heavy atom. The van der Waals surface area contributed by atoms with Crippen LogP contribution in [0.3, 0.4) is 0 Å². The lowest BCUT2D eigenvalue weighted by molar-refractivity contribution is 0.0696. The number of amides is 1. The van der Waals surface area contributed by atoms with Crippen molar-refractivity contribution >= 4 is 34.4 Å². The number of nitrogens with zero attached hydrogens (tertiary/aromatic N) is 2. The molecule has 0 saturated heterocycles. The van der Waals surface area contributed by atoms with E-state index in [1.807, 2.05) is 48.9 Å². The van der Waals surface area contributed by atoms with Gasteiger partial charge in [-0.15, -0.1) is 11.3 Å². The highest BCUT2D eigenvalue weighted by molar-refractivity contribution is 7.16. The summed E-state index contributed by atoms with van der Waals surface area (Å²) in [6.07, 6.45) is 6.28. The van der Waals surface area contributed by atoms with E-state index in [9.17, 15) is 14.7 Å². The van der Waals surface area contributed by atoms with Crippen LogP contribution in [-0.4, -0.2) is 27.8 Å². The summed E-state index contributed by atoms with van der Waals surface area (Å²) in [4.78, 5) is 31.2. The van der Waals surface area contributed by atoms with Crippen molar-refractivity contribution in [2.45, 2.75) is 60.4 Å². The van der Waals surface area contributed by atoms with Crippen LogP contribution in [-0.2, 0) is 19.4 Å². The minimum atomic E-state index is -0.959. The molecule has 1 aromatic carbocycles. The normalized spacial score (nSPS) is 15.4. The van der Waals surface area contributed by atoms with Crippen LogP contribution < -0.4 is 5.32 Å². The number of carboxylic acids is 1. The second-order valence-electron chi connectivity index (χ2n) is 11.5. The summed E-state index contributed by atoms with van der Waals surface area (Å²) in [6, 6.07) is 12.6. The van der Waals surface area contributed by atoms with Crippen LogP contribution in [0.4, 0.5) is 5.00 Å². The Hall–Kier alpha value is -3.91. The third kappa shape index (κ3) is 5.54. The molecule has 3 aromatic heterocycles. The number of aryl methyl sites for hydroxylation is 1. The number of hydrogen-bond donors (Lipinski definition) is 2. The predicted octanol–water partition coefficient (Wildman–Crippen LogP) is 7.28. The summed E-state index contributed by atoms with van der Waals surface area (Å²) in [7, 11) is 0. The lowest BCUT2D eigenvalue weighted by Gasteiger charge is -2.33. The van der Waals surface area contributed by atoms with Crippen molar-refractivity contribution in [3.05, 3.63) is 93.0 Å². The number of aliphatic imine (C=N–C) groups is 1. The molecule has 0 unspecified atom stereocenters. The van der Waals surface area contributed by atoms with Crippen LogP contribution >= 0.6 is 11.3 Å². The Bertz CT molecular complexity index is 1580. The number of carbonyl (C=O) groups is 2. The van der Waals surface area contributed by atoms with Crippen LogP contribution in [0.15, 0.2) is 58.1 Å². The molecule has 7 nitrogen and oxygen atoms in total. The SMILES string of the molecule is Cc1cc(C=Nc2sc3c(c2C(=O)NCc2ccco2)CC[C@H](C(C)(C)C)C3)c(C)n1-c1cccc(C(=O)O)c1. The van der Waals surface area contributed by atoms with E-state index in [1.165, 1.54) is 4.88 Å². The number of fused-ring (bicyclic) bond motifs is 1. The van der Waals surface area contributed by atoms with Gasteiger partial charge in [-0.05, 0) is 86.4 Å². The van der Waals surface area contributed by atoms with Crippen LogP contribution in [0.5, 0.6) is 0 Å². The Morgan fingerprint density at radius 3 is 2.70 bits per heavy atom. The van der Waals surface area contributed by atoms with Gasteiger partial charge < -0.3 is 19.4 Å². The first-order valence-electron chi connectivity index (χ1n) is 13.5. The molecule has 0 radical (unpaired) electrons. The zero-order chi connectivity index (χ0) is 28.6. The fourth-order valence-electron chi connectivity index (χ4n) is 5.53. The molecule has 0 spiro atoms. The monoisotopic (exact) mass is 557 g/mol. The number of carboxylic acid groups (broad SMARTS) is 1. The predicted molar refractivity (Wildman–Crippen MR) is 159 cm³/mol. The molecular weight excluding hydrogens is 522 g/mol. The minimum Gasteiger partial charge on any atom is -0.478 e. The number of benzene rings is 1. The smallest absolute Gasteiger partial charge is 0.335 e. The van der Waals surface area contributed by atoms with Crippen molar-refractivity contribution in [3.8, 4) is 5.69 Å². The highest BCUT2D eigenvalue weighted by Gasteiger charge is 2.33. The number of nitrogens with one attached hydrogen (secondary N) is 1. The molecule has 0 fully saturated rings. The van der Waals surface area contributed by atoms with Crippen molar-refractivity contribution < 1.29 is 19.1 Å². The van der Waals surface area contributed by atoms with E-state index in [1.54, 1.807) is 35.8 Å². The zero-order valence-corrected chi connectivity index (χ0v) is 24.4. The number of hydrogen-bond acceptors (Lipinski definition) is 5. The molecular formula is C32H35N3O4S. The fraction of sp³-hybridized carbons (Fsp3) is 0.344. The van der Waals surface area contributed by atoms with Gasteiger partial charge in [-0.3, -0.25) is 4.79 Å². The van der Waals surface area contributed by atoms with E-state index in [0.29, 0.717) is 28.8 Å². The zero-order valence-electron chi connectivity index (χ0n) is 23.6. The van der Waals surface area contributed by atoms with E-state index in [2.05, 4.69) is 26.1 Å². The Morgan fingerprint density at radius 1 is 1.20 bits per heavy atom. The summed E-state index contributed by atoms with van der Waals surface area (Å²) in [5.74, 6) is 0.162. The number of rotatable bonds is 7. The van der Waals surface area contributed by atoms with E-state index in [-0.39, 0.29) is 16.9 Å². The lowest BCUT2D eigenvalue weighted by Crippen LogP contribution is -2.28. The van der Waals surface area contributed by atoms with Gasteiger partial charge in [0.15, 0.2) is 0 Å². The maximum absolute atomic E-state index is 13.5.